The molecule has 2 bridgehead atoms. The maximum absolute atomic E-state index is 13.0. The second kappa shape index (κ2) is 6.55. The predicted octanol–water partition coefficient (Wildman–Crippen LogP) is 3.43. The summed E-state index contributed by atoms with van der Waals surface area (Å²) in [6.07, 6.45) is 5.53. The number of nitrogens with zero attached hydrogens (tertiary/aromatic N) is 2. The number of carbonyl (C=O) groups is 3. The molecule has 4 atom stereocenters. The smallest absolute Gasteiger partial charge is 0.277 e. The predicted molar refractivity (Wildman–Crippen MR) is 105 cm³/mol. The average molecular weight is 375 g/mol. The van der Waals surface area contributed by atoms with E-state index in [1.54, 1.807) is 0 Å². The molecule has 1 N–H and O–H groups in total. The van der Waals surface area contributed by atoms with Gasteiger partial charge in [-0.15, -0.1) is 0 Å². The number of aliphatic imine (C=N–C) groups is 1. The Morgan fingerprint density at radius 1 is 1.00 bits per heavy atom. The van der Waals surface area contributed by atoms with Crippen LogP contribution in [0.1, 0.15) is 25.7 Å². The van der Waals surface area contributed by atoms with E-state index in [2.05, 4.69) is 10.3 Å². The van der Waals surface area contributed by atoms with E-state index in [1.807, 2.05) is 42.5 Å². The first-order chi connectivity index (χ1) is 13.6. The third kappa shape index (κ3) is 2.71. The highest BCUT2D eigenvalue weighted by molar-refractivity contribution is 6.23. The van der Waals surface area contributed by atoms with Crippen LogP contribution < -0.4 is 5.32 Å². The summed E-state index contributed by atoms with van der Waals surface area (Å²) in [5.41, 5.74) is 0.696. The number of benzene rings is 2. The van der Waals surface area contributed by atoms with Gasteiger partial charge in [-0.2, -0.15) is 0 Å². The Balaban J connectivity index is 1.44. The van der Waals surface area contributed by atoms with Gasteiger partial charge in [-0.05, 0) is 42.6 Å². The average Bonchev–Trinajstić information content (AvgIpc) is 3.31. The van der Waals surface area contributed by atoms with Crippen LogP contribution in [0, 0.1) is 17.8 Å². The molecule has 3 aliphatic rings. The third-order valence-electron chi connectivity index (χ3n) is 6.40. The summed E-state index contributed by atoms with van der Waals surface area (Å²) in [6.45, 7) is 0. The fourth-order valence-corrected chi connectivity index (χ4v) is 5.05. The van der Waals surface area contributed by atoms with Crippen molar-refractivity contribution in [2.45, 2.75) is 31.7 Å². The molecule has 2 aromatic rings. The van der Waals surface area contributed by atoms with Crippen molar-refractivity contribution in [3.05, 3.63) is 42.5 Å². The highest BCUT2D eigenvalue weighted by atomic mass is 16.2. The minimum Gasteiger partial charge on any atom is -0.277 e. The van der Waals surface area contributed by atoms with Gasteiger partial charge in [0.15, 0.2) is 5.92 Å². The van der Waals surface area contributed by atoms with Gasteiger partial charge in [0.05, 0.1) is 5.69 Å². The van der Waals surface area contributed by atoms with Gasteiger partial charge in [0.1, 0.15) is 0 Å². The number of rotatable bonds is 3. The van der Waals surface area contributed by atoms with Gasteiger partial charge in [0, 0.05) is 17.6 Å². The summed E-state index contributed by atoms with van der Waals surface area (Å²) in [5.74, 6) is -1.16. The van der Waals surface area contributed by atoms with Gasteiger partial charge in [-0.25, -0.2) is 4.79 Å². The minimum absolute atomic E-state index is 0.0900. The first-order valence-electron chi connectivity index (χ1n) is 9.81. The van der Waals surface area contributed by atoms with E-state index in [1.165, 1.54) is 17.5 Å². The molecule has 142 valence electrons. The summed E-state index contributed by atoms with van der Waals surface area (Å²) in [7, 11) is 0. The third-order valence-corrected chi connectivity index (χ3v) is 6.40. The number of barbiturate groups is 1. The molecular formula is C22H21N3O3. The maximum atomic E-state index is 13.0. The molecule has 2 aliphatic carbocycles. The van der Waals surface area contributed by atoms with E-state index in [9.17, 15) is 14.4 Å². The van der Waals surface area contributed by atoms with Crippen molar-refractivity contribution in [1.29, 1.82) is 0 Å². The van der Waals surface area contributed by atoms with Gasteiger partial charge in [0.25, 0.3) is 0 Å². The van der Waals surface area contributed by atoms with Crippen LogP contribution in [0.25, 0.3) is 10.8 Å². The quantitative estimate of drug-likeness (QED) is 0.659. The van der Waals surface area contributed by atoms with Gasteiger partial charge in [-0.3, -0.25) is 24.8 Å². The topological polar surface area (TPSA) is 78.8 Å². The number of hydrogen-bond acceptors (Lipinski definition) is 4. The Bertz CT molecular complexity index is 1010. The fourth-order valence-electron chi connectivity index (χ4n) is 5.05. The van der Waals surface area contributed by atoms with Crippen LogP contribution in [-0.4, -0.2) is 35.0 Å². The summed E-state index contributed by atoms with van der Waals surface area (Å²) >= 11 is 0. The van der Waals surface area contributed by atoms with Gasteiger partial charge < -0.3 is 0 Å². The zero-order valence-electron chi connectivity index (χ0n) is 15.4. The number of imide groups is 2. The van der Waals surface area contributed by atoms with E-state index in [0.717, 1.165) is 30.0 Å². The van der Waals surface area contributed by atoms with Crippen molar-refractivity contribution in [3.8, 4) is 0 Å². The van der Waals surface area contributed by atoms with E-state index < -0.39 is 23.8 Å². The number of amides is 4. The molecule has 6 nitrogen and oxygen atoms in total. The number of carbonyl (C=O) groups excluding carboxylic acids is 3. The van der Waals surface area contributed by atoms with Crippen LogP contribution >= 0.6 is 0 Å². The molecule has 2 saturated carbocycles. The lowest BCUT2D eigenvalue weighted by atomic mass is 9.92. The largest absolute Gasteiger partial charge is 0.331 e. The molecule has 2 aromatic carbocycles. The first-order valence-corrected chi connectivity index (χ1v) is 9.81. The maximum Gasteiger partial charge on any atom is 0.331 e. The van der Waals surface area contributed by atoms with Crippen molar-refractivity contribution >= 4 is 40.5 Å². The van der Waals surface area contributed by atoms with Gasteiger partial charge >= 0.3 is 6.03 Å². The van der Waals surface area contributed by atoms with E-state index >= 15 is 0 Å². The number of fused-ring (bicyclic) bond motifs is 3. The molecule has 28 heavy (non-hydrogen) atoms. The zero-order valence-corrected chi connectivity index (χ0v) is 15.4. The molecule has 0 radical (unpaired) electrons. The lowest BCUT2D eigenvalue weighted by Crippen LogP contribution is -2.62. The highest BCUT2D eigenvalue weighted by Gasteiger charge is 2.50. The van der Waals surface area contributed by atoms with Crippen molar-refractivity contribution in [2.75, 3.05) is 0 Å². The summed E-state index contributed by atoms with van der Waals surface area (Å²) < 4.78 is 0. The van der Waals surface area contributed by atoms with Crippen LogP contribution in [0.4, 0.5) is 10.5 Å². The lowest BCUT2D eigenvalue weighted by molar-refractivity contribution is -0.141. The van der Waals surface area contributed by atoms with Gasteiger partial charge in [-0.1, -0.05) is 42.8 Å². The Labute approximate surface area is 162 Å². The molecule has 0 spiro atoms. The molecule has 1 aliphatic heterocycles. The van der Waals surface area contributed by atoms with Crippen molar-refractivity contribution in [3.63, 3.8) is 0 Å². The van der Waals surface area contributed by atoms with Crippen LogP contribution in [0.2, 0.25) is 0 Å². The number of urea groups is 1. The van der Waals surface area contributed by atoms with Crippen molar-refractivity contribution in [2.24, 2.45) is 22.7 Å². The zero-order chi connectivity index (χ0) is 19.3. The summed E-state index contributed by atoms with van der Waals surface area (Å²) in [4.78, 5) is 43.5. The van der Waals surface area contributed by atoms with Crippen molar-refractivity contribution < 1.29 is 14.4 Å². The van der Waals surface area contributed by atoms with E-state index in [-0.39, 0.29) is 6.04 Å². The first kappa shape index (κ1) is 17.1. The molecule has 1 saturated heterocycles. The molecule has 6 heteroatoms. The SMILES string of the molecule is O=C1NC(=O)N([C@@H]2C[C@H]3CC[C@H]2C3)C(=O)[C@H]1C=Nc1cccc2ccccc12. The Morgan fingerprint density at radius 3 is 2.61 bits per heavy atom. The van der Waals surface area contributed by atoms with Crippen molar-refractivity contribution in [1.82, 2.24) is 10.2 Å². The monoisotopic (exact) mass is 375 g/mol. The fraction of sp³-hybridized carbons (Fsp3) is 0.364. The number of nitrogens with one attached hydrogen (secondary N) is 1. The Morgan fingerprint density at radius 2 is 1.82 bits per heavy atom. The summed E-state index contributed by atoms with van der Waals surface area (Å²) in [6, 6.07) is 12.9. The molecule has 0 aromatic heterocycles. The molecule has 4 amide bonds. The van der Waals surface area contributed by atoms with Crippen LogP contribution in [-0.2, 0) is 9.59 Å². The lowest BCUT2D eigenvalue weighted by Gasteiger charge is -2.36. The minimum atomic E-state index is -1.07. The normalized spacial score (nSPS) is 29.9. The Hall–Kier alpha value is -3.02. The Kier molecular flexibility index (Phi) is 4.00. The van der Waals surface area contributed by atoms with Crippen LogP contribution in [0.5, 0.6) is 0 Å². The van der Waals surface area contributed by atoms with Crippen LogP contribution in [0.15, 0.2) is 47.5 Å². The molecule has 5 rings (SSSR count). The summed E-state index contributed by atoms with van der Waals surface area (Å²) in [5, 5.41) is 4.34. The second-order valence-corrected chi connectivity index (χ2v) is 8.00. The van der Waals surface area contributed by atoms with E-state index in [0.29, 0.717) is 17.5 Å². The molecular weight excluding hydrogens is 354 g/mol. The van der Waals surface area contributed by atoms with Crippen LogP contribution in [0.3, 0.4) is 0 Å². The second-order valence-electron chi connectivity index (χ2n) is 8.00. The van der Waals surface area contributed by atoms with Gasteiger partial charge in [0.2, 0.25) is 11.8 Å². The standard InChI is InChI=1S/C22H21N3O3/c26-20-17(12-23-18-7-3-5-14-4-1-2-6-16(14)18)21(27)25(22(28)24-20)19-11-13-8-9-15(19)10-13/h1-7,12-13,15,17,19H,8-11H2,(H,24,26,28)/t13-,15-,17-,19+/m0/s1. The molecule has 1 heterocycles. The van der Waals surface area contributed by atoms with E-state index in [4.69, 9.17) is 0 Å². The highest BCUT2D eigenvalue weighted by Crippen LogP contribution is 2.47. The number of hydrogen-bond donors (Lipinski definition) is 1. The molecule has 3 fully saturated rings. The molecule has 0 unspecified atom stereocenters.